The zero-order chi connectivity index (χ0) is 15.7. The molecule has 1 saturated carbocycles. The van der Waals surface area contributed by atoms with Gasteiger partial charge in [-0.25, -0.2) is 0 Å². The molecule has 1 nitrogen and oxygen atoms in total. The lowest BCUT2D eigenvalue weighted by atomic mass is 9.95. The molecule has 0 aromatic carbocycles. The summed E-state index contributed by atoms with van der Waals surface area (Å²) in [4.78, 5) is 0. The van der Waals surface area contributed by atoms with Crippen molar-refractivity contribution in [3.05, 3.63) is 0 Å². The van der Waals surface area contributed by atoms with E-state index >= 15 is 0 Å². The SMILES string of the molecule is SCCOCCSCC1CCCCCCCCCCCCC1. The van der Waals surface area contributed by atoms with Crippen molar-refractivity contribution in [2.24, 2.45) is 5.92 Å². The molecule has 0 saturated heterocycles. The lowest BCUT2D eigenvalue weighted by molar-refractivity contribution is 0.167. The normalized spacial score (nSPS) is 20.6. The first kappa shape index (κ1) is 20.7. The highest BCUT2D eigenvalue weighted by molar-refractivity contribution is 7.99. The van der Waals surface area contributed by atoms with Crippen LogP contribution in [0.3, 0.4) is 0 Å². The van der Waals surface area contributed by atoms with Crippen molar-refractivity contribution < 1.29 is 4.74 Å². The largest absolute Gasteiger partial charge is 0.380 e. The fourth-order valence-corrected chi connectivity index (χ4v) is 4.50. The van der Waals surface area contributed by atoms with E-state index in [9.17, 15) is 0 Å². The molecule has 1 rings (SSSR count). The number of ether oxygens (including phenoxy) is 1. The van der Waals surface area contributed by atoms with Gasteiger partial charge in [-0.3, -0.25) is 0 Å². The predicted octanol–water partition coefficient (Wildman–Crippen LogP) is 6.37. The zero-order valence-corrected chi connectivity index (χ0v) is 16.3. The van der Waals surface area contributed by atoms with Crippen molar-refractivity contribution in [2.45, 2.75) is 83.5 Å². The molecule has 1 fully saturated rings. The molecule has 0 aromatic heterocycles. The van der Waals surface area contributed by atoms with Gasteiger partial charge in [-0.15, -0.1) is 0 Å². The van der Waals surface area contributed by atoms with Gasteiger partial charge in [-0.2, -0.15) is 24.4 Å². The van der Waals surface area contributed by atoms with Crippen LogP contribution in [-0.4, -0.2) is 30.5 Å². The maximum absolute atomic E-state index is 5.51. The Balaban J connectivity index is 2.13. The van der Waals surface area contributed by atoms with Crippen LogP contribution >= 0.6 is 24.4 Å². The summed E-state index contributed by atoms with van der Waals surface area (Å²) in [5, 5.41) is 0. The predicted molar refractivity (Wildman–Crippen MR) is 106 cm³/mol. The monoisotopic (exact) mass is 346 g/mol. The van der Waals surface area contributed by atoms with Crippen molar-refractivity contribution in [2.75, 3.05) is 30.5 Å². The molecule has 0 aliphatic heterocycles. The van der Waals surface area contributed by atoms with Gasteiger partial charge in [0.15, 0.2) is 0 Å². The molecule has 3 heteroatoms. The van der Waals surface area contributed by atoms with Gasteiger partial charge < -0.3 is 4.74 Å². The molecule has 0 N–H and O–H groups in total. The van der Waals surface area contributed by atoms with E-state index < -0.39 is 0 Å². The van der Waals surface area contributed by atoms with Crippen molar-refractivity contribution in [1.82, 2.24) is 0 Å². The molecule has 0 atom stereocenters. The summed E-state index contributed by atoms with van der Waals surface area (Å²) in [5.74, 6) is 4.31. The Morgan fingerprint density at radius 3 is 1.73 bits per heavy atom. The molecule has 0 unspecified atom stereocenters. The molecule has 0 bridgehead atoms. The second kappa shape index (κ2) is 16.5. The van der Waals surface area contributed by atoms with Gasteiger partial charge >= 0.3 is 0 Å². The highest BCUT2D eigenvalue weighted by atomic mass is 32.2. The van der Waals surface area contributed by atoms with Crippen LogP contribution in [0.5, 0.6) is 0 Å². The number of hydrogen-bond donors (Lipinski definition) is 1. The Morgan fingerprint density at radius 2 is 1.23 bits per heavy atom. The van der Waals surface area contributed by atoms with E-state index in [0.29, 0.717) is 0 Å². The number of hydrogen-bond acceptors (Lipinski definition) is 3. The Labute approximate surface area is 149 Å². The Bertz CT molecular complexity index is 209. The molecule has 0 amide bonds. The molecule has 0 heterocycles. The first-order chi connectivity index (χ1) is 10.9. The summed E-state index contributed by atoms with van der Waals surface area (Å²) in [7, 11) is 0. The molecule has 0 aromatic rings. The first-order valence-corrected chi connectivity index (χ1v) is 11.5. The maximum atomic E-state index is 5.51. The summed E-state index contributed by atoms with van der Waals surface area (Å²) >= 11 is 6.27. The van der Waals surface area contributed by atoms with E-state index in [2.05, 4.69) is 24.4 Å². The quantitative estimate of drug-likeness (QED) is 0.424. The minimum absolute atomic E-state index is 0.799. The molecule has 0 radical (unpaired) electrons. The standard InChI is InChI=1S/C19H38OS2/c21-16-14-20-15-17-22-18-19-12-10-8-6-4-2-1-3-5-7-9-11-13-19/h19,21H,1-18H2. The van der Waals surface area contributed by atoms with Crippen LogP contribution in [-0.2, 0) is 4.74 Å². The Hall–Kier alpha value is 0.660. The minimum Gasteiger partial charge on any atom is -0.380 e. The molecule has 132 valence electrons. The summed E-state index contributed by atoms with van der Waals surface area (Å²) in [5.41, 5.74) is 0. The first-order valence-electron chi connectivity index (χ1n) is 9.70. The van der Waals surface area contributed by atoms with E-state index in [-0.39, 0.29) is 0 Å². The second-order valence-electron chi connectivity index (χ2n) is 6.74. The third-order valence-electron chi connectivity index (χ3n) is 4.69. The van der Waals surface area contributed by atoms with Crippen molar-refractivity contribution >= 4 is 24.4 Å². The molecule has 1 aliphatic rings. The van der Waals surface area contributed by atoms with Crippen molar-refractivity contribution in [1.29, 1.82) is 0 Å². The Morgan fingerprint density at radius 1 is 0.727 bits per heavy atom. The van der Waals surface area contributed by atoms with Crippen LogP contribution in [0.2, 0.25) is 0 Å². The molecule has 0 spiro atoms. The lowest BCUT2D eigenvalue weighted by Crippen LogP contribution is -2.07. The highest BCUT2D eigenvalue weighted by Crippen LogP contribution is 2.23. The van der Waals surface area contributed by atoms with Crippen molar-refractivity contribution in [3.8, 4) is 0 Å². The third-order valence-corrected chi connectivity index (χ3v) is 6.03. The lowest BCUT2D eigenvalue weighted by Gasteiger charge is -2.17. The van der Waals surface area contributed by atoms with Gasteiger partial charge in [0.05, 0.1) is 13.2 Å². The molecule has 1 aliphatic carbocycles. The van der Waals surface area contributed by atoms with Gasteiger partial charge in [0.25, 0.3) is 0 Å². The zero-order valence-electron chi connectivity index (χ0n) is 14.6. The van der Waals surface area contributed by atoms with Gasteiger partial charge in [0.2, 0.25) is 0 Å². The average molecular weight is 347 g/mol. The van der Waals surface area contributed by atoms with E-state index in [1.807, 2.05) is 0 Å². The van der Waals surface area contributed by atoms with Crippen LogP contribution in [0, 0.1) is 5.92 Å². The number of thiol groups is 1. The van der Waals surface area contributed by atoms with E-state index in [1.165, 1.54) is 89.2 Å². The van der Waals surface area contributed by atoms with Crippen LogP contribution in [0.25, 0.3) is 0 Å². The van der Waals surface area contributed by atoms with Gasteiger partial charge in [0, 0.05) is 11.5 Å². The third kappa shape index (κ3) is 13.1. The van der Waals surface area contributed by atoms with Crippen LogP contribution < -0.4 is 0 Å². The highest BCUT2D eigenvalue weighted by Gasteiger charge is 2.09. The second-order valence-corrected chi connectivity index (χ2v) is 8.34. The van der Waals surface area contributed by atoms with Gasteiger partial charge in [0.1, 0.15) is 0 Å². The van der Waals surface area contributed by atoms with Crippen molar-refractivity contribution in [3.63, 3.8) is 0 Å². The van der Waals surface area contributed by atoms with E-state index in [0.717, 1.165) is 30.6 Å². The molecular formula is C19H38OS2. The summed E-state index contributed by atoms with van der Waals surface area (Å²) < 4.78 is 5.51. The minimum atomic E-state index is 0.799. The fraction of sp³-hybridized carbons (Fsp3) is 1.00. The van der Waals surface area contributed by atoms with E-state index in [1.54, 1.807) is 0 Å². The Kier molecular flexibility index (Phi) is 15.5. The number of rotatable bonds is 7. The smallest absolute Gasteiger partial charge is 0.0557 e. The molecule has 22 heavy (non-hydrogen) atoms. The summed E-state index contributed by atoms with van der Waals surface area (Å²) in [6.07, 6.45) is 19.1. The topological polar surface area (TPSA) is 9.23 Å². The fourth-order valence-electron chi connectivity index (χ4n) is 3.30. The maximum Gasteiger partial charge on any atom is 0.0557 e. The number of thioether (sulfide) groups is 1. The van der Waals surface area contributed by atoms with Gasteiger partial charge in [-0.1, -0.05) is 70.6 Å². The summed E-state index contributed by atoms with van der Waals surface area (Å²) in [6, 6.07) is 0. The van der Waals surface area contributed by atoms with Crippen LogP contribution in [0.4, 0.5) is 0 Å². The van der Waals surface area contributed by atoms with E-state index in [4.69, 9.17) is 4.74 Å². The molecular weight excluding hydrogens is 308 g/mol. The van der Waals surface area contributed by atoms with Crippen LogP contribution in [0.1, 0.15) is 83.5 Å². The van der Waals surface area contributed by atoms with Crippen LogP contribution in [0.15, 0.2) is 0 Å². The summed E-state index contributed by atoms with van der Waals surface area (Å²) in [6.45, 7) is 1.70. The van der Waals surface area contributed by atoms with Gasteiger partial charge in [-0.05, 0) is 24.5 Å². The average Bonchev–Trinajstić information content (AvgIpc) is 2.54.